The lowest BCUT2D eigenvalue weighted by Crippen LogP contribution is -2.33. The number of cyclic esters (lactones) is 1. The number of hydrogen-bond donors (Lipinski definition) is 1. The van der Waals surface area contributed by atoms with Gasteiger partial charge in [-0.1, -0.05) is 0 Å². The lowest BCUT2D eigenvalue weighted by molar-refractivity contribution is -0.158. The molecular formula is C7H9NO3. The fraction of sp³-hybridized carbons (Fsp3) is 0.714. The van der Waals surface area contributed by atoms with Crippen molar-refractivity contribution in [3.05, 3.63) is 11.4 Å². The van der Waals surface area contributed by atoms with Gasteiger partial charge in [0.1, 0.15) is 0 Å². The van der Waals surface area contributed by atoms with Crippen molar-refractivity contribution in [1.82, 2.24) is 0 Å². The molecule has 1 rings (SSSR count). The van der Waals surface area contributed by atoms with Crippen molar-refractivity contribution in [3.8, 4) is 0 Å². The van der Waals surface area contributed by atoms with Crippen LogP contribution in [0.3, 0.4) is 0 Å². The summed E-state index contributed by atoms with van der Waals surface area (Å²) in [5, 5.41) is 9.07. The van der Waals surface area contributed by atoms with E-state index < -0.39 is 18.2 Å². The van der Waals surface area contributed by atoms with Gasteiger partial charge < -0.3 is 14.7 Å². The Labute approximate surface area is 64.6 Å². The molecule has 1 saturated heterocycles. The van der Waals surface area contributed by atoms with Gasteiger partial charge in [0.2, 0.25) is 0 Å². The first-order valence-corrected chi connectivity index (χ1v) is 3.43. The van der Waals surface area contributed by atoms with Crippen LogP contribution < -0.4 is 0 Å². The Morgan fingerprint density at radius 3 is 3.09 bits per heavy atom. The average Bonchev–Trinajstić information content (AvgIpc) is 1.85. The number of carbonyl (C=O) groups excluding carboxylic acids is 1. The highest BCUT2D eigenvalue weighted by molar-refractivity contribution is 5.71. The summed E-state index contributed by atoms with van der Waals surface area (Å²) in [5.41, 5.74) is 0. The Morgan fingerprint density at radius 2 is 2.55 bits per heavy atom. The molecule has 1 aliphatic heterocycles. The van der Waals surface area contributed by atoms with E-state index in [4.69, 9.17) is 16.4 Å². The number of carbonyl (C=O) groups is 1. The zero-order valence-corrected chi connectivity index (χ0v) is 5.99. The first-order chi connectivity index (χ1) is 5.22. The Balaban J connectivity index is 2.44. The van der Waals surface area contributed by atoms with E-state index in [2.05, 4.69) is 4.85 Å². The molecule has 0 aliphatic carbocycles. The predicted molar refractivity (Wildman–Crippen MR) is 36.6 cm³/mol. The number of aliphatic hydroxyl groups excluding tert-OH is 1. The molecule has 0 bridgehead atoms. The summed E-state index contributed by atoms with van der Waals surface area (Å²) < 4.78 is 4.78. The molecule has 1 N–H and O–H groups in total. The van der Waals surface area contributed by atoms with E-state index in [0.717, 1.165) is 0 Å². The van der Waals surface area contributed by atoms with Gasteiger partial charge in [-0.05, 0) is 0 Å². The number of esters is 1. The Hall–Kier alpha value is -1.08. The van der Waals surface area contributed by atoms with Crippen molar-refractivity contribution in [2.24, 2.45) is 0 Å². The van der Waals surface area contributed by atoms with Crippen LogP contribution in [0.2, 0.25) is 0 Å². The summed E-state index contributed by atoms with van der Waals surface area (Å²) in [6.07, 6.45) is -0.561. The lowest BCUT2D eigenvalue weighted by Gasteiger charge is -2.21. The second-order valence-corrected chi connectivity index (χ2v) is 2.55. The zero-order valence-electron chi connectivity index (χ0n) is 5.99. The molecule has 4 nitrogen and oxygen atoms in total. The van der Waals surface area contributed by atoms with E-state index in [1.165, 1.54) is 0 Å². The van der Waals surface area contributed by atoms with Crippen LogP contribution in [0.1, 0.15) is 12.8 Å². The number of rotatable bonds is 1. The van der Waals surface area contributed by atoms with Gasteiger partial charge in [-0.3, -0.25) is 4.79 Å². The SMILES string of the molecule is [C-]#[N+]CC1CC(O)CC(=O)O1. The highest BCUT2D eigenvalue weighted by atomic mass is 16.5. The molecule has 1 aliphatic rings. The minimum atomic E-state index is -0.622. The van der Waals surface area contributed by atoms with Crippen LogP contribution in [0.15, 0.2) is 0 Å². The Bertz CT molecular complexity index is 196. The van der Waals surface area contributed by atoms with E-state index in [1.807, 2.05) is 0 Å². The quantitative estimate of drug-likeness (QED) is 0.427. The van der Waals surface area contributed by atoms with Crippen molar-refractivity contribution in [1.29, 1.82) is 0 Å². The van der Waals surface area contributed by atoms with Gasteiger partial charge in [-0.25, -0.2) is 6.57 Å². The van der Waals surface area contributed by atoms with Crippen molar-refractivity contribution in [2.45, 2.75) is 25.0 Å². The molecule has 60 valence electrons. The predicted octanol–water partition coefficient (Wildman–Crippen LogP) is -0.0278. The van der Waals surface area contributed by atoms with E-state index in [0.29, 0.717) is 6.42 Å². The van der Waals surface area contributed by atoms with Crippen LogP contribution in [0.25, 0.3) is 4.85 Å². The fourth-order valence-corrected chi connectivity index (χ4v) is 1.07. The molecule has 2 unspecified atom stereocenters. The van der Waals surface area contributed by atoms with Crippen LogP contribution in [0.4, 0.5) is 0 Å². The third-order valence-corrected chi connectivity index (χ3v) is 1.53. The molecular weight excluding hydrogens is 146 g/mol. The summed E-state index contributed by atoms with van der Waals surface area (Å²) in [7, 11) is 0. The van der Waals surface area contributed by atoms with Crippen LogP contribution in [0, 0.1) is 6.57 Å². The van der Waals surface area contributed by atoms with Crippen LogP contribution >= 0.6 is 0 Å². The Morgan fingerprint density at radius 1 is 1.82 bits per heavy atom. The minimum Gasteiger partial charge on any atom is -0.454 e. The van der Waals surface area contributed by atoms with Gasteiger partial charge in [0.25, 0.3) is 6.54 Å². The molecule has 2 atom stereocenters. The van der Waals surface area contributed by atoms with Gasteiger partial charge in [0.05, 0.1) is 12.5 Å². The maximum atomic E-state index is 10.7. The largest absolute Gasteiger partial charge is 0.454 e. The van der Waals surface area contributed by atoms with Gasteiger partial charge in [0.15, 0.2) is 6.10 Å². The van der Waals surface area contributed by atoms with Gasteiger partial charge >= 0.3 is 5.97 Å². The molecule has 0 saturated carbocycles. The van der Waals surface area contributed by atoms with Gasteiger partial charge in [-0.15, -0.1) is 0 Å². The molecule has 0 aromatic heterocycles. The molecule has 4 heteroatoms. The van der Waals surface area contributed by atoms with E-state index in [-0.39, 0.29) is 13.0 Å². The van der Waals surface area contributed by atoms with E-state index >= 15 is 0 Å². The number of nitrogens with zero attached hydrogens (tertiary/aromatic N) is 1. The van der Waals surface area contributed by atoms with Crippen LogP contribution in [0.5, 0.6) is 0 Å². The first kappa shape index (κ1) is 8.02. The molecule has 1 heterocycles. The second-order valence-electron chi connectivity index (χ2n) is 2.55. The molecule has 0 aromatic carbocycles. The van der Waals surface area contributed by atoms with Crippen molar-refractivity contribution < 1.29 is 14.6 Å². The standard InChI is InChI=1S/C7H9NO3/c1-8-4-6-2-5(9)3-7(10)11-6/h5-6,9H,2-4H2. The molecule has 0 spiro atoms. The molecule has 0 amide bonds. The van der Waals surface area contributed by atoms with Gasteiger partial charge in [0, 0.05) is 6.42 Å². The molecule has 11 heavy (non-hydrogen) atoms. The van der Waals surface area contributed by atoms with Crippen molar-refractivity contribution >= 4 is 5.97 Å². The van der Waals surface area contributed by atoms with Crippen LogP contribution in [-0.4, -0.2) is 29.8 Å². The summed E-state index contributed by atoms with van der Waals surface area (Å²) in [6.45, 7) is 6.68. The molecule has 1 fully saturated rings. The highest BCUT2D eigenvalue weighted by Gasteiger charge is 2.28. The normalized spacial score (nSPS) is 30.7. The molecule has 0 radical (unpaired) electrons. The number of aliphatic hydroxyl groups is 1. The number of hydrogen-bond acceptors (Lipinski definition) is 3. The summed E-state index contributed by atoms with van der Waals surface area (Å²) in [4.78, 5) is 13.8. The maximum Gasteiger partial charge on any atom is 0.308 e. The second kappa shape index (κ2) is 3.35. The lowest BCUT2D eigenvalue weighted by atomic mass is 10.1. The maximum absolute atomic E-state index is 10.7. The van der Waals surface area contributed by atoms with Crippen LogP contribution in [-0.2, 0) is 9.53 Å². The van der Waals surface area contributed by atoms with Crippen molar-refractivity contribution in [2.75, 3.05) is 6.54 Å². The smallest absolute Gasteiger partial charge is 0.308 e. The average molecular weight is 155 g/mol. The summed E-state index contributed by atoms with van der Waals surface area (Å²) in [5.74, 6) is -0.405. The minimum absolute atomic E-state index is 0.0640. The first-order valence-electron chi connectivity index (χ1n) is 3.43. The highest BCUT2D eigenvalue weighted by Crippen LogP contribution is 2.14. The molecule has 0 aromatic rings. The summed E-state index contributed by atoms with van der Waals surface area (Å²) in [6, 6.07) is 0. The van der Waals surface area contributed by atoms with Gasteiger partial charge in [-0.2, -0.15) is 0 Å². The zero-order chi connectivity index (χ0) is 8.27. The van der Waals surface area contributed by atoms with Crippen molar-refractivity contribution in [3.63, 3.8) is 0 Å². The Kier molecular flexibility index (Phi) is 2.44. The third kappa shape index (κ3) is 2.20. The third-order valence-electron chi connectivity index (χ3n) is 1.53. The monoisotopic (exact) mass is 155 g/mol. The number of ether oxygens (including phenoxy) is 1. The topological polar surface area (TPSA) is 50.9 Å². The fourth-order valence-electron chi connectivity index (χ4n) is 1.07. The van der Waals surface area contributed by atoms with E-state index in [1.54, 1.807) is 0 Å². The van der Waals surface area contributed by atoms with E-state index in [9.17, 15) is 4.79 Å². The summed E-state index contributed by atoms with van der Waals surface area (Å²) >= 11 is 0.